The summed E-state index contributed by atoms with van der Waals surface area (Å²) in [7, 11) is 0. The summed E-state index contributed by atoms with van der Waals surface area (Å²) in [6, 6.07) is 6.95. The number of carbonyl (C=O) groups is 1. The fraction of sp³-hybridized carbons (Fsp3) is 0.562. The van der Waals surface area contributed by atoms with Crippen molar-refractivity contribution in [3.63, 3.8) is 0 Å². The average Bonchev–Trinajstić information content (AvgIpc) is 2.50. The Kier molecular flexibility index (Phi) is 4.90. The normalized spacial score (nSPS) is 19.8. The minimum Gasteiger partial charge on any atom is -0.481 e. The van der Waals surface area contributed by atoms with Crippen LogP contribution in [0.2, 0.25) is 0 Å². The Labute approximate surface area is 129 Å². The first-order valence-corrected chi connectivity index (χ1v) is 7.71. The maximum absolute atomic E-state index is 13.4. The van der Waals surface area contributed by atoms with Crippen LogP contribution in [0.5, 0.6) is 5.75 Å². The number of hydrogen-bond donors (Lipinski definition) is 1. The molecule has 1 aromatic carbocycles. The van der Waals surface area contributed by atoms with Crippen LogP contribution in [0.4, 0.5) is 4.39 Å². The number of carbonyl (C=O) groups excluding carboxylic acids is 1. The summed E-state index contributed by atoms with van der Waals surface area (Å²) in [5, 5.41) is 3.55. The highest BCUT2D eigenvalue weighted by Gasteiger charge is 2.32. The lowest BCUT2D eigenvalue weighted by Gasteiger charge is -2.42. The molecule has 0 atom stereocenters. The predicted molar refractivity (Wildman–Crippen MR) is 79.2 cm³/mol. The van der Waals surface area contributed by atoms with Gasteiger partial charge in [0.1, 0.15) is 0 Å². The van der Waals surface area contributed by atoms with Crippen LogP contribution in [0.1, 0.15) is 12.8 Å². The Morgan fingerprint density at radius 3 is 2.73 bits per heavy atom. The summed E-state index contributed by atoms with van der Waals surface area (Å²) in [5.74, 6) is -0.431. The molecule has 0 aliphatic carbocycles. The lowest BCUT2D eigenvalue weighted by Crippen LogP contribution is -2.62. The molecule has 0 saturated carbocycles. The van der Waals surface area contributed by atoms with Gasteiger partial charge in [0.15, 0.2) is 18.2 Å². The smallest absolute Gasteiger partial charge is 0.260 e. The highest BCUT2D eigenvalue weighted by atomic mass is 19.1. The van der Waals surface area contributed by atoms with E-state index in [1.807, 2.05) is 0 Å². The molecule has 3 rings (SSSR count). The van der Waals surface area contributed by atoms with E-state index in [4.69, 9.17) is 9.47 Å². The molecule has 0 unspecified atom stereocenters. The number of rotatable bonds is 5. The lowest BCUT2D eigenvalue weighted by molar-refractivity contribution is -0.138. The van der Waals surface area contributed by atoms with E-state index in [0.717, 1.165) is 26.1 Å². The number of likely N-dealkylation sites (tertiary alicyclic amines) is 1. The Morgan fingerprint density at radius 1 is 1.27 bits per heavy atom. The second-order valence-electron chi connectivity index (χ2n) is 5.77. The van der Waals surface area contributed by atoms with Gasteiger partial charge < -0.3 is 19.7 Å². The van der Waals surface area contributed by atoms with Gasteiger partial charge in [0, 0.05) is 38.4 Å². The Morgan fingerprint density at radius 2 is 2.00 bits per heavy atom. The van der Waals surface area contributed by atoms with Crippen molar-refractivity contribution in [2.75, 3.05) is 32.9 Å². The summed E-state index contributed by atoms with van der Waals surface area (Å²) in [4.78, 5) is 13.7. The lowest BCUT2D eigenvalue weighted by atomic mass is 10.0. The fourth-order valence-electron chi connectivity index (χ4n) is 2.78. The first-order chi connectivity index (χ1) is 10.7. The molecule has 2 heterocycles. The van der Waals surface area contributed by atoms with Crippen molar-refractivity contribution in [2.45, 2.75) is 24.9 Å². The van der Waals surface area contributed by atoms with Crippen molar-refractivity contribution in [2.24, 2.45) is 0 Å². The summed E-state index contributed by atoms with van der Waals surface area (Å²) >= 11 is 0. The molecule has 22 heavy (non-hydrogen) atoms. The third-order valence-electron chi connectivity index (χ3n) is 4.11. The van der Waals surface area contributed by atoms with Gasteiger partial charge >= 0.3 is 0 Å². The molecular formula is C16H21FN2O3. The van der Waals surface area contributed by atoms with Crippen LogP contribution in [0.25, 0.3) is 0 Å². The van der Waals surface area contributed by atoms with Crippen LogP contribution in [-0.2, 0) is 9.53 Å². The van der Waals surface area contributed by atoms with Gasteiger partial charge in [-0.2, -0.15) is 0 Å². The van der Waals surface area contributed by atoms with Crippen molar-refractivity contribution in [3.8, 4) is 5.75 Å². The van der Waals surface area contributed by atoms with Crippen LogP contribution < -0.4 is 10.1 Å². The first-order valence-electron chi connectivity index (χ1n) is 7.71. The minimum absolute atomic E-state index is 0.103. The summed E-state index contributed by atoms with van der Waals surface area (Å²) < 4.78 is 24.0. The van der Waals surface area contributed by atoms with Crippen molar-refractivity contribution in [3.05, 3.63) is 30.1 Å². The zero-order valence-corrected chi connectivity index (χ0v) is 12.5. The van der Waals surface area contributed by atoms with Crippen molar-refractivity contribution >= 4 is 5.91 Å². The highest BCUT2D eigenvalue weighted by molar-refractivity contribution is 5.78. The van der Waals surface area contributed by atoms with Gasteiger partial charge in [0.05, 0.1) is 0 Å². The summed E-state index contributed by atoms with van der Waals surface area (Å²) in [6.07, 6.45) is 2.06. The zero-order valence-electron chi connectivity index (χ0n) is 12.5. The minimum atomic E-state index is -0.446. The third-order valence-corrected chi connectivity index (χ3v) is 4.11. The second-order valence-corrected chi connectivity index (χ2v) is 5.77. The molecule has 2 aliphatic rings. The number of halogens is 1. The molecule has 0 aromatic heterocycles. The van der Waals surface area contributed by atoms with Crippen molar-refractivity contribution < 1.29 is 18.7 Å². The largest absolute Gasteiger partial charge is 0.481 e. The maximum Gasteiger partial charge on any atom is 0.260 e. The number of nitrogens with one attached hydrogen (secondary N) is 1. The summed E-state index contributed by atoms with van der Waals surface area (Å²) in [5.41, 5.74) is 0. The van der Waals surface area contributed by atoms with E-state index in [0.29, 0.717) is 25.2 Å². The number of ether oxygens (including phenoxy) is 2. The molecule has 1 N–H and O–H groups in total. The monoisotopic (exact) mass is 308 g/mol. The Hall–Kier alpha value is -1.66. The molecule has 2 fully saturated rings. The molecule has 6 heteroatoms. The molecule has 0 bridgehead atoms. The molecule has 120 valence electrons. The standard InChI is InChI=1S/C16H21FN2O3/c17-14-3-1-2-4-15(14)22-11-16(20)19-9-13(10-19)18-12-5-7-21-8-6-12/h1-4,12-13,18H,5-11H2. The number of para-hydroxylation sites is 1. The SMILES string of the molecule is O=C(COc1ccccc1F)N1CC(NC2CCOCC2)C1. The van der Waals surface area contributed by atoms with Gasteiger partial charge in [-0.15, -0.1) is 0 Å². The predicted octanol–water partition coefficient (Wildman–Crippen LogP) is 1.18. The highest BCUT2D eigenvalue weighted by Crippen LogP contribution is 2.17. The third kappa shape index (κ3) is 3.75. The first kappa shape index (κ1) is 15.2. The molecule has 2 aliphatic heterocycles. The van der Waals surface area contributed by atoms with Gasteiger partial charge in [-0.3, -0.25) is 4.79 Å². The van der Waals surface area contributed by atoms with Crippen LogP contribution >= 0.6 is 0 Å². The fourth-order valence-corrected chi connectivity index (χ4v) is 2.78. The van der Waals surface area contributed by atoms with Crippen LogP contribution in [0.15, 0.2) is 24.3 Å². The van der Waals surface area contributed by atoms with E-state index in [9.17, 15) is 9.18 Å². The second kappa shape index (κ2) is 7.07. The molecular weight excluding hydrogens is 287 g/mol. The van der Waals surface area contributed by atoms with Gasteiger partial charge in [0.25, 0.3) is 5.91 Å². The van der Waals surface area contributed by atoms with Crippen molar-refractivity contribution in [1.29, 1.82) is 0 Å². The van der Waals surface area contributed by atoms with E-state index >= 15 is 0 Å². The Bertz CT molecular complexity index is 514. The van der Waals surface area contributed by atoms with Crippen LogP contribution in [0.3, 0.4) is 0 Å². The molecule has 1 aromatic rings. The maximum atomic E-state index is 13.4. The van der Waals surface area contributed by atoms with Gasteiger partial charge in [0.2, 0.25) is 0 Å². The van der Waals surface area contributed by atoms with Gasteiger partial charge in [-0.1, -0.05) is 12.1 Å². The van der Waals surface area contributed by atoms with E-state index in [1.165, 1.54) is 12.1 Å². The number of benzene rings is 1. The van der Waals surface area contributed by atoms with Crippen LogP contribution in [-0.4, -0.2) is 55.8 Å². The average molecular weight is 308 g/mol. The molecule has 2 saturated heterocycles. The van der Waals surface area contributed by atoms with E-state index in [1.54, 1.807) is 17.0 Å². The van der Waals surface area contributed by atoms with E-state index in [-0.39, 0.29) is 18.3 Å². The van der Waals surface area contributed by atoms with E-state index < -0.39 is 5.82 Å². The quantitative estimate of drug-likeness (QED) is 0.887. The number of amides is 1. The molecule has 5 nitrogen and oxygen atoms in total. The molecule has 0 spiro atoms. The Balaban J connectivity index is 1.37. The zero-order chi connectivity index (χ0) is 15.4. The number of nitrogens with zero attached hydrogens (tertiary/aromatic N) is 1. The molecule has 0 radical (unpaired) electrons. The van der Waals surface area contributed by atoms with Gasteiger partial charge in [-0.25, -0.2) is 4.39 Å². The van der Waals surface area contributed by atoms with E-state index in [2.05, 4.69) is 5.32 Å². The number of hydrogen-bond acceptors (Lipinski definition) is 4. The molecule has 1 amide bonds. The topological polar surface area (TPSA) is 50.8 Å². The van der Waals surface area contributed by atoms with Crippen LogP contribution in [0, 0.1) is 5.82 Å². The van der Waals surface area contributed by atoms with Crippen molar-refractivity contribution in [1.82, 2.24) is 10.2 Å². The van der Waals surface area contributed by atoms with Gasteiger partial charge in [-0.05, 0) is 25.0 Å². The summed E-state index contributed by atoms with van der Waals surface area (Å²) in [6.45, 7) is 2.88.